The number of unbranched alkanes of at least 4 members (excludes halogenated alkanes) is 1. The van der Waals surface area contributed by atoms with E-state index in [1.54, 1.807) is 30.3 Å². The van der Waals surface area contributed by atoms with Gasteiger partial charge in [-0.15, -0.1) is 19.0 Å². The Morgan fingerprint density at radius 1 is 0.902 bits per heavy atom. The minimum atomic E-state index is -1.08. The molecule has 0 unspecified atom stereocenters. The molecular weight excluding hydrogens is 556 g/mol. The number of hydrogen-bond acceptors (Lipinski definition) is 8. The quantitative estimate of drug-likeness (QED) is 0.0541. The van der Waals surface area contributed by atoms with E-state index in [9.17, 15) is 19.2 Å². The van der Waals surface area contributed by atoms with Gasteiger partial charge in [-0.3, -0.25) is 14.6 Å². The number of nitrogens with two attached hydrogens (primary N) is 2. The van der Waals surface area contributed by atoms with Crippen molar-refractivity contribution < 1.29 is 33.4 Å². The molecule has 0 saturated heterocycles. The number of alkyl carbamates (subject to hydrolysis) is 1. The summed E-state index contributed by atoms with van der Waals surface area (Å²) in [5, 5.41) is 7.79. The smallest absolute Gasteiger partial charge is 0.407 e. The zero-order valence-corrected chi connectivity index (χ0v) is 24.2. The SMILES string of the molecule is C=CCOc1ccc(C[C@H](NC(=O)OC)C(=O)N[C@@H](CCCCN=C(N)N)C(=O)N[C@@H](CC=C)C(=O)OC)cc1.Cl. The highest BCUT2D eigenvalue weighted by Crippen LogP contribution is 2.14. The minimum Gasteiger partial charge on any atom is -0.490 e. The van der Waals surface area contributed by atoms with Crippen molar-refractivity contribution in [3.63, 3.8) is 0 Å². The van der Waals surface area contributed by atoms with Crippen LogP contribution >= 0.6 is 12.4 Å². The molecule has 0 radical (unpaired) electrons. The number of nitrogens with one attached hydrogen (secondary N) is 3. The number of benzene rings is 1. The number of aliphatic imine (C=N–C) groups is 1. The lowest BCUT2D eigenvalue weighted by Crippen LogP contribution is -2.56. The van der Waals surface area contributed by atoms with Gasteiger partial charge in [0.1, 0.15) is 30.5 Å². The van der Waals surface area contributed by atoms with E-state index in [0.717, 1.165) is 5.56 Å². The molecule has 0 bridgehead atoms. The minimum absolute atomic E-state index is 0. The lowest BCUT2D eigenvalue weighted by atomic mass is 10.0. The van der Waals surface area contributed by atoms with Gasteiger partial charge in [-0.1, -0.05) is 30.9 Å². The van der Waals surface area contributed by atoms with Crippen molar-refractivity contribution >= 4 is 42.2 Å². The molecule has 0 fully saturated rings. The Balaban J connectivity index is 0.0000160. The van der Waals surface area contributed by atoms with Crippen LogP contribution in [0, 0.1) is 0 Å². The second-order valence-corrected chi connectivity index (χ2v) is 8.61. The van der Waals surface area contributed by atoms with Crippen molar-refractivity contribution in [2.24, 2.45) is 16.5 Å². The molecule has 13 nitrogen and oxygen atoms in total. The maximum atomic E-state index is 13.3. The van der Waals surface area contributed by atoms with Crippen LogP contribution in [0.5, 0.6) is 5.75 Å². The second kappa shape index (κ2) is 20.6. The number of esters is 1. The summed E-state index contributed by atoms with van der Waals surface area (Å²) in [5.74, 6) is -1.32. The Morgan fingerprint density at radius 2 is 1.54 bits per heavy atom. The molecule has 0 aliphatic rings. The number of guanidine groups is 1. The summed E-state index contributed by atoms with van der Waals surface area (Å²) in [6.45, 7) is 7.88. The number of hydrogen-bond donors (Lipinski definition) is 5. The molecule has 0 spiro atoms. The van der Waals surface area contributed by atoms with Crippen LogP contribution in [-0.4, -0.2) is 75.3 Å². The van der Waals surface area contributed by atoms with E-state index in [1.807, 2.05) is 0 Å². The van der Waals surface area contributed by atoms with Crippen LogP contribution in [0.15, 0.2) is 54.6 Å². The number of halogens is 1. The number of methoxy groups -OCH3 is 2. The van der Waals surface area contributed by atoms with Gasteiger partial charge in [-0.2, -0.15) is 0 Å². The molecule has 41 heavy (non-hydrogen) atoms. The van der Waals surface area contributed by atoms with Gasteiger partial charge in [0.05, 0.1) is 14.2 Å². The maximum Gasteiger partial charge on any atom is 0.407 e. The average Bonchev–Trinajstić information content (AvgIpc) is 2.94. The van der Waals surface area contributed by atoms with Gasteiger partial charge in [-0.25, -0.2) is 9.59 Å². The lowest BCUT2D eigenvalue weighted by Gasteiger charge is -2.24. The fraction of sp³-hybridized carbons (Fsp3) is 0.444. The van der Waals surface area contributed by atoms with E-state index in [0.29, 0.717) is 31.7 Å². The summed E-state index contributed by atoms with van der Waals surface area (Å²) in [4.78, 5) is 54.5. The number of nitrogens with zero attached hydrogens (tertiary/aromatic N) is 1. The molecule has 0 saturated carbocycles. The highest BCUT2D eigenvalue weighted by Gasteiger charge is 2.29. The first kappa shape index (κ1) is 36.7. The molecule has 1 rings (SSSR count). The zero-order chi connectivity index (χ0) is 29.9. The molecule has 0 aliphatic heterocycles. The lowest BCUT2D eigenvalue weighted by molar-refractivity contribution is -0.145. The summed E-state index contributed by atoms with van der Waals surface area (Å²) in [7, 11) is 2.38. The maximum absolute atomic E-state index is 13.3. The van der Waals surface area contributed by atoms with Crippen molar-refractivity contribution in [3.05, 3.63) is 55.1 Å². The third-order valence-electron chi connectivity index (χ3n) is 5.56. The number of rotatable bonds is 18. The monoisotopic (exact) mass is 596 g/mol. The first-order valence-corrected chi connectivity index (χ1v) is 12.7. The van der Waals surface area contributed by atoms with Crippen LogP contribution in [0.3, 0.4) is 0 Å². The van der Waals surface area contributed by atoms with Crippen molar-refractivity contribution in [3.8, 4) is 5.75 Å². The van der Waals surface area contributed by atoms with Crippen LogP contribution in [-0.2, 0) is 30.3 Å². The number of amides is 3. The zero-order valence-electron chi connectivity index (χ0n) is 23.4. The second-order valence-electron chi connectivity index (χ2n) is 8.61. The van der Waals surface area contributed by atoms with Gasteiger partial charge in [0, 0.05) is 13.0 Å². The van der Waals surface area contributed by atoms with Gasteiger partial charge >= 0.3 is 12.1 Å². The Morgan fingerprint density at radius 3 is 2.10 bits per heavy atom. The summed E-state index contributed by atoms with van der Waals surface area (Å²) >= 11 is 0. The molecule has 14 heteroatoms. The summed E-state index contributed by atoms with van der Waals surface area (Å²) in [5.41, 5.74) is 11.4. The summed E-state index contributed by atoms with van der Waals surface area (Å²) < 4.78 is 14.9. The molecule has 0 aliphatic carbocycles. The molecule has 3 atom stereocenters. The average molecular weight is 597 g/mol. The van der Waals surface area contributed by atoms with E-state index >= 15 is 0 Å². The Labute approximate surface area is 246 Å². The molecule has 1 aromatic carbocycles. The fourth-order valence-electron chi connectivity index (χ4n) is 3.53. The van der Waals surface area contributed by atoms with Crippen molar-refractivity contribution in [2.75, 3.05) is 27.4 Å². The van der Waals surface area contributed by atoms with Crippen molar-refractivity contribution in [1.82, 2.24) is 16.0 Å². The van der Waals surface area contributed by atoms with E-state index in [1.165, 1.54) is 20.3 Å². The van der Waals surface area contributed by atoms with Gasteiger partial charge in [0.15, 0.2) is 5.96 Å². The molecule has 0 aromatic heterocycles. The first-order valence-electron chi connectivity index (χ1n) is 12.7. The Hall–Kier alpha value is -4.26. The molecule has 228 valence electrons. The standard InChI is InChI=1S/C27H40N6O7.ClH/c1-5-9-21(25(36)38-3)32-23(34)20(10-7-8-15-30-26(28)29)31-24(35)22(33-27(37)39-4)17-18-11-13-19(14-12-18)40-16-6-2;/h5-6,11-14,20-22H,1-2,7-10,15-17H2,3-4H3,(H,31,35)(H,32,34)(H,33,37)(H4,28,29,30);1H/t20-,21-,22-;/m0./s1. The predicted molar refractivity (Wildman–Crippen MR) is 158 cm³/mol. The number of carbonyl (C=O) groups excluding carboxylic acids is 4. The number of ether oxygens (including phenoxy) is 3. The van der Waals surface area contributed by atoms with Crippen molar-refractivity contribution in [2.45, 2.75) is 50.2 Å². The van der Waals surface area contributed by atoms with Crippen molar-refractivity contribution in [1.29, 1.82) is 0 Å². The van der Waals surface area contributed by atoms with E-state index in [2.05, 4.69) is 38.8 Å². The van der Waals surface area contributed by atoms with Gasteiger partial charge in [-0.05, 0) is 43.4 Å². The van der Waals surface area contributed by atoms with Crippen LogP contribution < -0.4 is 32.2 Å². The third-order valence-corrected chi connectivity index (χ3v) is 5.56. The van der Waals surface area contributed by atoms with Gasteiger partial charge in [0.2, 0.25) is 11.8 Å². The van der Waals surface area contributed by atoms with E-state index < -0.39 is 42.0 Å². The van der Waals surface area contributed by atoms with Gasteiger partial charge < -0.3 is 41.6 Å². The molecular formula is C27H41ClN6O7. The van der Waals surface area contributed by atoms with E-state index in [4.69, 9.17) is 20.9 Å². The number of carbonyl (C=O) groups is 4. The highest BCUT2D eigenvalue weighted by atomic mass is 35.5. The van der Waals surface area contributed by atoms with Crippen LogP contribution in [0.4, 0.5) is 4.79 Å². The summed E-state index contributed by atoms with van der Waals surface area (Å²) in [6, 6.07) is 3.86. The summed E-state index contributed by atoms with van der Waals surface area (Å²) in [6.07, 6.45) is 3.71. The third kappa shape index (κ3) is 14.6. The van der Waals surface area contributed by atoms with Gasteiger partial charge in [0.25, 0.3) is 0 Å². The Kier molecular flexibility index (Phi) is 18.5. The first-order chi connectivity index (χ1) is 19.1. The topological polar surface area (TPSA) is 196 Å². The molecule has 3 amide bonds. The van der Waals surface area contributed by atoms with Crippen LogP contribution in [0.2, 0.25) is 0 Å². The fourth-order valence-corrected chi connectivity index (χ4v) is 3.53. The predicted octanol–water partition coefficient (Wildman–Crippen LogP) is 1.10. The molecule has 7 N–H and O–H groups in total. The van der Waals surface area contributed by atoms with E-state index in [-0.39, 0.29) is 37.6 Å². The van der Waals surface area contributed by atoms with Crippen LogP contribution in [0.1, 0.15) is 31.2 Å². The Bertz CT molecular complexity index is 1030. The highest BCUT2D eigenvalue weighted by molar-refractivity contribution is 5.93. The molecule has 0 heterocycles. The molecule has 1 aromatic rings. The normalized spacial score (nSPS) is 12.1. The van der Waals surface area contributed by atoms with Crippen LogP contribution in [0.25, 0.3) is 0 Å². The largest absolute Gasteiger partial charge is 0.490 e.